The highest BCUT2D eigenvalue weighted by Crippen LogP contribution is 2.13. The summed E-state index contributed by atoms with van der Waals surface area (Å²) in [5.74, 6) is 0. The molecule has 1 heterocycles. The Labute approximate surface area is 114 Å². The van der Waals surface area contributed by atoms with E-state index in [9.17, 15) is 4.79 Å². The molecular formula is C14H22N4O. The van der Waals surface area contributed by atoms with Gasteiger partial charge in [0.05, 0.1) is 0 Å². The van der Waals surface area contributed by atoms with Crippen molar-refractivity contribution in [3.8, 4) is 0 Å². The normalized spacial score (nSPS) is 19.4. The summed E-state index contributed by atoms with van der Waals surface area (Å²) in [5, 5.41) is 5.74. The van der Waals surface area contributed by atoms with Crippen LogP contribution >= 0.6 is 0 Å². The van der Waals surface area contributed by atoms with Crippen molar-refractivity contribution in [2.45, 2.75) is 25.4 Å². The van der Waals surface area contributed by atoms with Gasteiger partial charge in [0.15, 0.2) is 0 Å². The minimum absolute atomic E-state index is 0.152. The zero-order chi connectivity index (χ0) is 13.7. The van der Waals surface area contributed by atoms with E-state index in [1.54, 1.807) is 0 Å². The highest BCUT2D eigenvalue weighted by atomic mass is 16.2. The van der Waals surface area contributed by atoms with Crippen LogP contribution < -0.4 is 16.4 Å². The van der Waals surface area contributed by atoms with Gasteiger partial charge in [0.1, 0.15) is 0 Å². The summed E-state index contributed by atoms with van der Waals surface area (Å²) in [4.78, 5) is 14.1. The van der Waals surface area contributed by atoms with Gasteiger partial charge >= 0.3 is 6.03 Å². The Kier molecular flexibility index (Phi) is 4.76. The Morgan fingerprint density at radius 1 is 1.42 bits per heavy atom. The number of carbonyl (C=O) groups is 1. The van der Waals surface area contributed by atoms with E-state index in [2.05, 4.69) is 22.6 Å². The van der Waals surface area contributed by atoms with Crippen molar-refractivity contribution in [3.05, 3.63) is 29.8 Å². The van der Waals surface area contributed by atoms with Crippen LogP contribution in [0.5, 0.6) is 0 Å². The molecule has 0 aliphatic carbocycles. The SMILES string of the molecule is CN1CCCC1CNC(=O)Nc1ccc(CN)cc1. The quantitative estimate of drug-likeness (QED) is 0.767. The number of hydrogen-bond donors (Lipinski definition) is 3. The maximum Gasteiger partial charge on any atom is 0.319 e. The van der Waals surface area contributed by atoms with Crippen molar-refractivity contribution in [2.24, 2.45) is 5.73 Å². The van der Waals surface area contributed by atoms with E-state index in [0.717, 1.165) is 24.2 Å². The van der Waals surface area contributed by atoms with Crippen LogP contribution in [-0.4, -0.2) is 37.1 Å². The fraction of sp³-hybridized carbons (Fsp3) is 0.500. The average Bonchev–Trinajstić information content (AvgIpc) is 2.83. The zero-order valence-electron chi connectivity index (χ0n) is 11.4. The second-order valence-corrected chi connectivity index (χ2v) is 5.01. The number of anilines is 1. The molecule has 1 saturated heterocycles. The summed E-state index contributed by atoms with van der Waals surface area (Å²) in [6, 6.07) is 7.87. The van der Waals surface area contributed by atoms with Crippen molar-refractivity contribution < 1.29 is 4.79 Å². The summed E-state index contributed by atoms with van der Waals surface area (Å²) >= 11 is 0. The molecule has 19 heavy (non-hydrogen) atoms. The van der Waals surface area contributed by atoms with E-state index in [4.69, 9.17) is 5.73 Å². The van der Waals surface area contributed by atoms with Crippen molar-refractivity contribution >= 4 is 11.7 Å². The first-order chi connectivity index (χ1) is 9.19. The second kappa shape index (κ2) is 6.54. The number of urea groups is 1. The number of likely N-dealkylation sites (tertiary alicyclic amines) is 1. The molecule has 1 aromatic rings. The first-order valence-corrected chi connectivity index (χ1v) is 6.73. The number of amides is 2. The molecule has 1 aliphatic heterocycles. The summed E-state index contributed by atoms with van der Waals surface area (Å²) in [6.07, 6.45) is 2.37. The lowest BCUT2D eigenvalue weighted by molar-refractivity contribution is 0.245. The maximum atomic E-state index is 11.8. The number of carbonyl (C=O) groups excluding carboxylic acids is 1. The molecule has 2 amide bonds. The number of nitrogens with zero attached hydrogens (tertiary/aromatic N) is 1. The number of rotatable bonds is 4. The highest BCUT2D eigenvalue weighted by molar-refractivity contribution is 5.89. The van der Waals surface area contributed by atoms with Gasteiger partial charge in [0.25, 0.3) is 0 Å². The minimum atomic E-state index is -0.152. The fourth-order valence-electron chi connectivity index (χ4n) is 2.35. The maximum absolute atomic E-state index is 11.8. The number of hydrogen-bond acceptors (Lipinski definition) is 3. The van der Waals surface area contributed by atoms with Crippen LogP contribution in [0, 0.1) is 0 Å². The predicted molar refractivity (Wildman–Crippen MR) is 77.0 cm³/mol. The molecule has 104 valence electrons. The molecule has 1 aromatic carbocycles. The Morgan fingerprint density at radius 2 is 2.16 bits per heavy atom. The smallest absolute Gasteiger partial charge is 0.319 e. The van der Waals surface area contributed by atoms with Gasteiger partial charge in [-0.15, -0.1) is 0 Å². The molecule has 5 heteroatoms. The Hall–Kier alpha value is -1.59. The van der Waals surface area contributed by atoms with Crippen molar-refractivity contribution in [1.82, 2.24) is 10.2 Å². The Morgan fingerprint density at radius 3 is 2.74 bits per heavy atom. The van der Waals surface area contributed by atoms with E-state index in [0.29, 0.717) is 19.1 Å². The molecule has 1 aliphatic rings. The van der Waals surface area contributed by atoms with Crippen LogP contribution in [0.4, 0.5) is 10.5 Å². The van der Waals surface area contributed by atoms with Crippen LogP contribution in [-0.2, 0) is 6.54 Å². The molecule has 4 N–H and O–H groups in total. The minimum Gasteiger partial charge on any atom is -0.336 e. The largest absolute Gasteiger partial charge is 0.336 e. The summed E-state index contributed by atoms with van der Waals surface area (Å²) in [6.45, 7) is 2.33. The van der Waals surface area contributed by atoms with E-state index < -0.39 is 0 Å². The van der Waals surface area contributed by atoms with Crippen molar-refractivity contribution in [3.63, 3.8) is 0 Å². The zero-order valence-corrected chi connectivity index (χ0v) is 11.4. The van der Waals surface area contributed by atoms with Gasteiger partial charge in [-0.1, -0.05) is 12.1 Å². The molecule has 0 saturated carbocycles. The van der Waals surface area contributed by atoms with Gasteiger partial charge in [-0.05, 0) is 44.1 Å². The van der Waals surface area contributed by atoms with Gasteiger partial charge < -0.3 is 21.3 Å². The van der Waals surface area contributed by atoms with Crippen LogP contribution in [0.2, 0.25) is 0 Å². The van der Waals surface area contributed by atoms with Crippen LogP contribution in [0.15, 0.2) is 24.3 Å². The van der Waals surface area contributed by atoms with E-state index in [-0.39, 0.29) is 6.03 Å². The molecule has 0 aromatic heterocycles. The molecule has 1 unspecified atom stereocenters. The van der Waals surface area contributed by atoms with E-state index >= 15 is 0 Å². The lowest BCUT2D eigenvalue weighted by Crippen LogP contribution is -2.40. The molecule has 1 fully saturated rings. The predicted octanol–water partition coefficient (Wildman–Crippen LogP) is 1.36. The van der Waals surface area contributed by atoms with E-state index in [1.165, 1.54) is 6.42 Å². The van der Waals surface area contributed by atoms with Crippen LogP contribution in [0.25, 0.3) is 0 Å². The van der Waals surface area contributed by atoms with Crippen molar-refractivity contribution in [2.75, 3.05) is 25.5 Å². The van der Waals surface area contributed by atoms with E-state index in [1.807, 2.05) is 24.3 Å². The fourth-order valence-corrected chi connectivity index (χ4v) is 2.35. The molecule has 0 radical (unpaired) electrons. The lowest BCUT2D eigenvalue weighted by atomic mass is 10.2. The summed E-state index contributed by atoms with van der Waals surface area (Å²) < 4.78 is 0. The number of likely N-dealkylation sites (N-methyl/N-ethyl adjacent to an activating group) is 1. The first-order valence-electron chi connectivity index (χ1n) is 6.73. The number of nitrogens with one attached hydrogen (secondary N) is 2. The van der Waals surface area contributed by atoms with Crippen LogP contribution in [0.3, 0.4) is 0 Å². The summed E-state index contributed by atoms with van der Waals surface area (Å²) in [5.41, 5.74) is 7.37. The van der Waals surface area contributed by atoms with Gasteiger partial charge in [0, 0.05) is 24.8 Å². The summed E-state index contributed by atoms with van der Waals surface area (Å²) in [7, 11) is 2.10. The molecule has 0 bridgehead atoms. The van der Waals surface area contributed by atoms with Gasteiger partial charge in [-0.2, -0.15) is 0 Å². The number of benzene rings is 1. The molecule has 2 rings (SSSR count). The monoisotopic (exact) mass is 262 g/mol. The third-order valence-corrected chi connectivity index (χ3v) is 3.62. The lowest BCUT2D eigenvalue weighted by Gasteiger charge is -2.19. The highest BCUT2D eigenvalue weighted by Gasteiger charge is 2.20. The standard InChI is InChI=1S/C14H22N4O/c1-18-8-2-3-13(18)10-16-14(19)17-12-6-4-11(9-15)5-7-12/h4-7,13H,2-3,8-10,15H2,1H3,(H2,16,17,19). The Bertz CT molecular complexity index is 418. The Balaban J connectivity index is 1.77. The molecule has 0 spiro atoms. The average molecular weight is 262 g/mol. The van der Waals surface area contributed by atoms with Crippen LogP contribution in [0.1, 0.15) is 18.4 Å². The van der Waals surface area contributed by atoms with Gasteiger partial charge in [-0.25, -0.2) is 4.79 Å². The third-order valence-electron chi connectivity index (χ3n) is 3.62. The van der Waals surface area contributed by atoms with Crippen molar-refractivity contribution in [1.29, 1.82) is 0 Å². The first kappa shape index (κ1) is 13.8. The molecule has 1 atom stereocenters. The van der Waals surface area contributed by atoms with Gasteiger partial charge in [-0.3, -0.25) is 0 Å². The third kappa shape index (κ3) is 3.94. The molecular weight excluding hydrogens is 240 g/mol. The second-order valence-electron chi connectivity index (χ2n) is 5.01. The molecule has 5 nitrogen and oxygen atoms in total. The number of nitrogens with two attached hydrogens (primary N) is 1. The topological polar surface area (TPSA) is 70.4 Å². The van der Waals surface area contributed by atoms with Gasteiger partial charge in [0.2, 0.25) is 0 Å².